The Bertz CT molecular complexity index is 388. The molecule has 0 aromatic carbocycles. The molecule has 0 aliphatic heterocycles. The van der Waals surface area contributed by atoms with E-state index < -0.39 is 42.3 Å². The number of aliphatic carboxylic acids is 1. The Hall–Kier alpha value is -1.30. The molecule has 0 aliphatic rings. The van der Waals surface area contributed by atoms with Crippen molar-refractivity contribution >= 4 is 5.97 Å². The van der Waals surface area contributed by atoms with Crippen molar-refractivity contribution < 1.29 is 58.2 Å². The van der Waals surface area contributed by atoms with Crippen molar-refractivity contribution in [1.29, 1.82) is 0 Å². The highest BCUT2D eigenvalue weighted by molar-refractivity contribution is 5.77. The van der Waals surface area contributed by atoms with Gasteiger partial charge >= 0.3 is 35.6 Å². The number of halogens is 11. The summed E-state index contributed by atoms with van der Waals surface area (Å²) in [6.45, 7) is -3.57. The minimum absolute atomic E-state index is 3.57. The Balaban J connectivity index is 6.05. The summed E-state index contributed by atoms with van der Waals surface area (Å²) in [4.78, 5) is 9.69. The molecule has 1 N–H and O–H groups in total. The monoisotopic (exact) mass is 328 g/mol. The lowest BCUT2D eigenvalue weighted by Gasteiger charge is -2.37. The van der Waals surface area contributed by atoms with E-state index in [-0.39, 0.29) is 0 Å². The molecule has 0 aliphatic carbocycles. The average molecular weight is 328 g/mol. The van der Waals surface area contributed by atoms with Crippen LogP contribution >= 0.6 is 0 Å². The van der Waals surface area contributed by atoms with E-state index in [0.29, 0.717) is 0 Å². The molecule has 13 heteroatoms. The van der Waals surface area contributed by atoms with E-state index in [4.69, 9.17) is 5.11 Å². The summed E-state index contributed by atoms with van der Waals surface area (Å²) in [5.74, 6) is -39.4. The molecule has 0 bridgehead atoms. The first kappa shape index (κ1) is 18.7. The van der Waals surface area contributed by atoms with E-state index in [0.717, 1.165) is 0 Å². The number of carbonyl (C=O) groups is 1. The quantitative estimate of drug-likeness (QED) is 0.760. The Labute approximate surface area is 102 Å². The highest BCUT2D eigenvalue weighted by atomic mass is 19.4. The molecule has 0 spiro atoms. The minimum Gasteiger partial charge on any atom is -0.477 e. The van der Waals surface area contributed by atoms with E-state index in [1.54, 1.807) is 0 Å². The van der Waals surface area contributed by atoms with E-state index in [9.17, 15) is 53.1 Å². The lowest BCUT2D eigenvalue weighted by Crippen LogP contribution is -2.69. The number of rotatable bonds is 6. The van der Waals surface area contributed by atoms with Crippen molar-refractivity contribution in [3.63, 3.8) is 0 Å². The predicted octanol–water partition coefficient (Wildman–Crippen LogP) is 3.22. The first-order chi connectivity index (χ1) is 8.50. The van der Waals surface area contributed by atoms with Crippen LogP contribution in [0.1, 0.15) is 0 Å². The summed E-state index contributed by atoms with van der Waals surface area (Å²) >= 11 is 0. The molecule has 20 heavy (non-hydrogen) atoms. The number of carboxylic acid groups (broad SMARTS) is 1. The molecule has 0 aromatic rings. The van der Waals surface area contributed by atoms with Crippen molar-refractivity contribution in [1.82, 2.24) is 0 Å². The fraction of sp³-hybridized carbons (Fsp3) is 0.857. The molecule has 120 valence electrons. The molecular weight excluding hydrogens is 325 g/mol. The van der Waals surface area contributed by atoms with Gasteiger partial charge in [0, 0.05) is 0 Å². The zero-order valence-electron chi connectivity index (χ0n) is 8.72. The molecule has 0 saturated carbocycles. The van der Waals surface area contributed by atoms with E-state index in [2.05, 4.69) is 0 Å². The molecule has 0 radical (unpaired) electrons. The van der Waals surface area contributed by atoms with Crippen LogP contribution in [0.5, 0.6) is 0 Å². The SMILES string of the molecule is O=C(O)C(F)(F)C(F)(F)C(F)(F)C(F)(F)C(F)(F)CF. The first-order valence-electron chi connectivity index (χ1n) is 4.19. The second kappa shape index (κ2) is 4.62. The lowest BCUT2D eigenvalue weighted by atomic mass is 9.95. The molecular formula is C7H3F11O2. The van der Waals surface area contributed by atoms with Gasteiger partial charge in [-0.1, -0.05) is 0 Å². The van der Waals surface area contributed by atoms with Crippen LogP contribution in [0.3, 0.4) is 0 Å². The fourth-order valence-electron chi connectivity index (χ4n) is 0.842. The second-order valence-corrected chi connectivity index (χ2v) is 3.44. The van der Waals surface area contributed by atoms with E-state index in [1.807, 2.05) is 0 Å². The van der Waals surface area contributed by atoms with E-state index >= 15 is 0 Å². The summed E-state index contributed by atoms with van der Waals surface area (Å²) in [5, 5.41) is 7.60. The smallest absolute Gasteiger partial charge is 0.410 e. The lowest BCUT2D eigenvalue weighted by molar-refractivity contribution is -0.397. The number of hydrogen-bond donors (Lipinski definition) is 1. The van der Waals surface area contributed by atoms with Crippen molar-refractivity contribution in [2.75, 3.05) is 6.67 Å². The Kier molecular flexibility index (Phi) is 4.32. The largest absolute Gasteiger partial charge is 0.477 e. The maximum atomic E-state index is 12.6. The van der Waals surface area contributed by atoms with Gasteiger partial charge in [-0.05, 0) is 0 Å². The van der Waals surface area contributed by atoms with Gasteiger partial charge < -0.3 is 5.11 Å². The Morgan fingerprint density at radius 3 is 1.35 bits per heavy atom. The summed E-state index contributed by atoms with van der Waals surface area (Å²) in [5.41, 5.74) is 0. The number of alkyl halides is 11. The zero-order valence-corrected chi connectivity index (χ0v) is 8.72. The topological polar surface area (TPSA) is 37.3 Å². The highest BCUT2D eigenvalue weighted by Gasteiger charge is 2.87. The van der Waals surface area contributed by atoms with Crippen molar-refractivity contribution in [2.24, 2.45) is 0 Å². The average Bonchev–Trinajstić information content (AvgIpc) is 2.27. The first-order valence-corrected chi connectivity index (χ1v) is 4.19. The van der Waals surface area contributed by atoms with Gasteiger partial charge in [0.1, 0.15) is 0 Å². The molecule has 0 amide bonds. The van der Waals surface area contributed by atoms with Gasteiger partial charge in [-0.2, -0.15) is 43.9 Å². The van der Waals surface area contributed by atoms with Gasteiger partial charge in [0.2, 0.25) is 0 Å². The molecule has 2 nitrogen and oxygen atoms in total. The van der Waals surface area contributed by atoms with Crippen molar-refractivity contribution in [3.05, 3.63) is 0 Å². The third-order valence-corrected chi connectivity index (χ3v) is 2.08. The summed E-state index contributed by atoms with van der Waals surface area (Å²) in [6, 6.07) is 0. The second-order valence-electron chi connectivity index (χ2n) is 3.44. The van der Waals surface area contributed by atoms with Gasteiger partial charge in [0.05, 0.1) is 0 Å². The van der Waals surface area contributed by atoms with Crippen LogP contribution in [-0.4, -0.2) is 47.4 Å². The molecule has 0 unspecified atom stereocenters. The molecule has 0 aromatic heterocycles. The van der Waals surface area contributed by atoms with Gasteiger partial charge in [-0.15, -0.1) is 0 Å². The molecule has 0 rings (SSSR count). The van der Waals surface area contributed by atoms with Crippen LogP contribution in [0.2, 0.25) is 0 Å². The van der Waals surface area contributed by atoms with Gasteiger partial charge in [0.25, 0.3) is 0 Å². The maximum absolute atomic E-state index is 12.6. The maximum Gasteiger partial charge on any atom is 0.410 e. The number of carboxylic acids is 1. The zero-order chi connectivity index (χ0) is 16.8. The summed E-state index contributed by atoms with van der Waals surface area (Å²) in [7, 11) is 0. The fourth-order valence-corrected chi connectivity index (χ4v) is 0.842. The third-order valence-electron chi connectivity index (χ3n) is 2.08. The number of hydrogen-bond acceptors (Lipinski definition) is 1. The minimum atomic E-state index is -7.54. The summed E-state index contributed by atoms with van der Waals surface area (Å²) < 4.78 is 136. The Morgan fingerprint density at radius 1 is 0.750 bits per heavy atom. The van der Waals surface area contributed by atoms with Gasteiger partial charge in [-0.25, -0.2) is 9.18 Å². The van der Waals surface area contributed by atoms with Crippen molar-refractivity contribution in [3.8, 4) is 0 Å². The molecule has 0 saturated heterocycles. The molecule has 0 fully saturated rings. The van der Waals surface area contributed by atoms with Crippen LogP contribution in [0.25, 0.3) is 0 Å². The van der Waals surface area contributed by atoms with Crippen molar-refractivity contribution in [2.45, 2.75) is 29.6 Å². The van der Waals surface area contributed by atoms with Crippen LogP contribution in [0.15, 0.2) is 0 Å². The molecule has 0 heterocycles. The van der Waals surface area contributed by atoms with Gasteiger partial charge in [-0.3, -0.25) is 0 Å². The van der Waals surface area contributed by atoms with E-state index in [1.165, 1.54) is 0 Å². The van der Waals surface area contributed by atoms with Gasteiger partial charge in [0.15, 0.2) is 6.67 Å². The van der Waals surface area contributed by atoms with Crippen LogP contribution in [0, 0.1) is 0 Å². The normalized spacial score (nSPS) is 15.3. The standard InChI is InChI=1S/C7H3F11O2/c8-1-3(9,10)5(13,14)7(17,18)6(15,16)4(11,12)2(19)20/h1H2,(H,19,20). The Morgan fingerprint density at radius 2 is 1.10 bits per heavy atom. The summed E-state index contributed by atoms with van der Waals surface area (Å²) in [6.07, 6.45) is 0. The molecule has 0 atom stereocenters. The predicted molar refractivity (Wildman–Crippen MR) is 38.3 cm³/mol. The van der Waals surface area contributed by atoms with Crippen LogP contribution in [-0.2, 0) is 4.79 Å². The van der Waals surface area contributed by atoms with Crippen LogP contribution < -0.4 is 0 Å². The van der Waals surface area contributed by atoms with Crippen LogP contribution in [0.4, 0.5) is 48.3 Å². The highest BCUT2D eigenvalue weighted by Crippen LogP contribution is 2.56. The third kappa shape index (κ3) is 2.16.